The zero-order valence-electron chi connectivity index (χ0n) is 12.4. The predicted octanol–water partition coefficient (Wildman–Crippen LogP) is 4.85. The van der Waals surface area contributed by atoms with Gasteiger partial charge in [-0.1, -0.05) is 34.5 Å². The second-order valence-electron chi connectivity index (χ2n) is 4.50. The largest absolute Gasteiger partial charge is 0.462 e. The Morgan fingerprint density at radius 3 is 2.65 bits per heavy atom. The van der Waals surface area contributed by atoms with Gasteiger partial charge in [0.05, 0.1) is 22.2 Å². The van der Waals surface area contributed by atoms with Crippen molar-refractivity contribution < 1.29 is 14.3 Å². The van der Waals surface area contributed by atoms with Gasteiger partial charge in [0.2, 0.25) is 6.41 Å². The lowest BCUT2D eigenvalue weighted by molar-refractivity contribution is -0.105. The lowest BCUT2D eigenvalue weighted by Gasteiger charge is -2.08. The number of nitrogens with one attached hydrogen (secondary N) is 2. The third kappa shape index (κ3) is 3.96. The van der Waals surface area contributed by atoms with Gasteiger partial charge < -0.3 is 15.4 Å². The number of benzene rings is 1. The molecule has 0 fully saturated rings. The first-order chi connectivity index (χ1) is 11.0. The summed E-state index contributed by atoms with van der Waals surface area (Å²) in [7, 11) is 0. The van der Waals surface area contributed by atoms with E-state index in [1.807, 2.05) is 0 Å². The van der Waals surface area contributed by atoms with Gasteiger partial charge in [0.15, 0.2) is 0 Å². The van der Waals surface area contributed by atoms with Gasteiger partial charge in [-0.05, 0) is 32.0 Å². The molecule has 8 heteroatoms. The Morgan fingerprint density at radius 2 is 2.04 bits per heavy atom. The van der Waals surface area contributed by atoms with Crippen molar-refractivity contribution in [2.45, 2.75) is 13.8 Å². The fourth-order valence-corrected chi connectivity index (χ4v) is 3.32. The number of anilines is 3. The van der Waals surface area contributed by atoms with Crippen molar-refractivity contribution in [3.8, 4) is 0 Å². The van der Waals surface area contributed by atoms with Gasteiger partial charge in [-0.25, -0.2) is 4.79 Å². The Balaban J connectivity index is 2.42. The Hall–Kier alpha value is -1.76. The maximum atomic E-state index is 12.2. The minimum atomic E-state index is -0.456. The monoisotopic (exact) mass is 372 g/mol. The Kier molecular flexibility index (Phi) is 5.87. The van der Waals surface area contributed by atoms with E-state index in [1.165, 1.54) is 11.3 Å². The summed E-state index contributed by atoms with van der Waals surface area (Å²) in [5, 5.41) is 7.67. The van der Waals surface area contributed by atoms with Crippen LogP contribution in [0, 0.1) is 6.92 Å². The molecule has 0 bridgehead atoms. The summed E-state index contributed by atoms with van der Waals surface area (Å²) < 4.78 is 5.09. The molecule has 122 valence electrons. The maximum Gasteiger partial charge on any atom is 0.341 e. The van der Waals surface area contributed by atoms with E-state index in [0.717, 1.165) is 0 Å². The third-order valence-electron chi connectivity index (χ3n) is 2.99. The number of esters is 1. The highest BCUT2D eigenvalue weighted by molar-refractivity contribution is 7.20. The molecule has 0 saturated carbocycles. The first-order valence-corrected chi connectivity index (χ1v) is 8.28. The van der Waals surface area contributed by atoms with Crippen LogP contribution in [0.2, 0.25) is 10.0 Å². The highest BCUT2D eigenvalue weighted by atomic mass is 35.5. The minimum Gasteiger partial charge on any atom is -0.462 e. The quantitative estimate of drug-likeness (QED) is 0.561. The van der Waals surface area contributed by atoms with E-state index in [4.69, 9.17) is 27.9 Å². The molecule has 2 aromatic rings. The van der Waals surface area contributed by atoms with Gasteiger partial charge >= 0.3 is 5.97 Å². The predicted molar refractivity (Wildman–Crippen MR) is 94.4 cm³/mol. The highest BCUT2D eigenvalue weighted by Crippen LogP contribution is 2.39. The van der Waals surface area contributed by atoms with E-state index in [9.17, 15) is 9.59 Å². The summed E-state index contributed by atoms with van der Waals surface area (Å²) in [4.78, 5) is 22.9. The van der Waals surface area contributed by atoms with Crippen LogP contribution in [0.1, 0.15) is 22.8 Å². The lowest BCUT2D eigenvalue weighted by atomic mass is 10.2. The summed E-state index contributed by atoms with van der Waals surface area (Å²) in [5.74, 6) is -0.456. The molecule has 1 amide bonds. The van der Waals surface area contributed by atoms with Crippen molar-refractivity contribution >= 4 is 62.6 Å². The topological polar surface area (TPSA) is 67.4 Å². The molecular formula is C15H14Cl2N2O3S. The van der Waals surface area contributed by atoms with Gasteiger partial charge in [0.1, 0.15) is 10.0 Å². The van der Waals surface area contributed by atoms with Crippen LogP contribution in [0.15, 0.2) is 18.2 Å². The molecule has 0 aliphatic rings. The van der Waals surface area contributed by atoms with Crippen molar-refractivity contribution in [3.05, 3.63) is 39.4 Å². The molecule has 0 aliphatic heterocycles. The van der Waals surface area contributed by atoms with E-state index < -0.39 is 5.97 Å². The number of amides is 1. The molecule has 23 heavy (non-hydrogen) atoms. The number of halogens is 2. The molecule has 0 radical (unpaired) electrons. The number of carbonyl (C=O) groups excluding carboxylic acids is 2. The van der Waals surface area contributed by atoms with Crippen LogP contribution in [0.5, 0.6) is 0 Å². The van der Waals surface area contributed by atoms with E-state index >= 15 is 0 Å². The van der Waals surface area contributed by atoms with Gasteiger partial charge in [0.25, 0.3) is 0 Å². The number of hydrogen-bond donors (Lipinski definition) is 2. The first-order valence-electron chi connectivity index (χ1n) is 6.70. The molecule has 5 nitrogen and oxygen atoms in total. The number of thiophene rings is 1. The van der Waals surface area contributed by atoms with E-state index in [1.54, 1.807) is 32.0 Å². The van der Waals surface area contributed by atoms with Crippen LogP contribution in [0.25, 0.3) is 0 Å². The Morgan fingerprint density at radius 1 is 1.30 bits per heavy atom. The van der Waals surface area contributed by atoms with Crippen LogP contribution in [-0.4, -0.2) is 19.0 Å². The van der Waals surface area contributed by atoms with Crippen molar-refractivity contribution in [2.75, 3.05) is 17.2 Å². The van der Waals surface area contributed by atoms with Gasteiger partial charge in [-0.15, -0.1) is 0 Å². The van der Waals surface area contributed by atoms with E-state index in [2.05, 4.69) is 10.6 Å². The zero-order valence-corrected chi connectivity index (χ0v) is 14.7. The van der Waals surface area contributed by atoms with Crippen molar-refractivity contribution in [1.29, 1.82) is 0 Å². The van der Waals surface area contributed by atoms with E-state index in [0.29, 0.717) is 43.3 Å². The zero-order chi connectivity index (χ0) is 17.0. The SMILES string of the molecule is CCOC(=O)c1c(Nc2ccc(Cl)c(Cl)c2)sc(NC=O)c1C. The van der Waals surface area contributed by atoms with Crippen molar-refractivity contribution in [2.24, 2.45) is 0 Å². The molecule has 1 heterocycles. The molecule has 2 N–H and O–H groups in total. The van der Waals surface area contributed by atoms with Crippen LogP contribution in [0.4, 0.5) is 15.7 Å². The molecule has 1 aromatic carbocycles. The molecular weight excluding hydrogens is 359 g/mol. The molecule has 0 unspecified atom stereocenters. The van der Waals surface area contributed by atoms with Crippen molar-refractivity contribution in [3.63, 3.8) is 0 Å². The molecule has 2 rings (SSSR count). The van der Waals surface area contributed by atoms with Crippen LogP contribution >= 0.6 is 34.5 Å². The lowest BCUT2D eigenvalue weighted by Crippen LogP contribution is -2.07. The van der Waals surface area contributed by atoms with Crippen LogP contribution in [-0.2, 0) is 9.53 Å². The summed E-state index contributed by atoms with van der Waals surface area (Å²) >= 11 is 13.1. The molecule has 0 spiro atoms. The minimum absolute atomic E-state index is 0.261. The summed E-state index contributed by atoms with van der Waals surface area (Å²) in [6.45, 7) is 3.74. The van der Waals surface area contributed by atoms with Gasteiger partial charge in [-0.2, -0.15) is 0 Å². The average molecular weight is 373 g/mol. The normalized spacial score (nSPS) is 10.3. The molecule has 0 aliphatic carbocycles. The molecule has 0 saturated heterocycles. The van der Waals surface area contributed by atoms with Gasteiger partial charge in [-0.3, -0.25) is 4.79 Å². The second-order valence-corrected chi connectivity index (χ2v) is 6.33. The number of ether oxygens (including phenoxy) is 1. The first kappa shape index (κ1) is 17.6. The Labute approximate surface area is 147 Å². The number of carbonyl (C=O) groups is 2. The van der Waals surface area contributed by atoms with Crippen LogP contribution < -0.4 is 10.6 Å². The standard InChI is InChI=1S/C15H14Cl2N2O3S/c1-3-22-15(21)12-8(2)13(18-7-20)23-14(12)19-9-4-5-10(16)11(17)6-9/h4-7,19H,3H2,1-2H3,(H,18,20). The fraction of sp³-hybridized carbons (Fsp3) is 0.200. The highest BCUT2D eigenvalue weighted by Gasteiger charge is 2.22. The smallest absolute Gasteiger partial charge is 0.341 e. The van der Waals surface area contributed by atoms with Gasteiger partial charge in [0, 0.05) is 11.3 Å². The summed E-state index contributed by atoms with van der Waals surface area (Å²) in [6.07, 6.45) is 0.566. The number of rotatable bonds is 6. The summed E-state index contributed by atoms with van der Waals surface area (Å²) in [6, 6.07) is 5.05. The maximum absolute atomic E-state index is 12.2. The fourth-order valence-electron chi connectivity index (χ4n) is 1.95. The molecule has 1 aromatic heterocycles. The Bertz CT molecular complexity index is 747. The molecule has 0 atom stereocenters. The van der Waals surface area contributed by atoms with Crippen molar-refractivity contribution in [1.82, 2.24) is 0 Å². The van der Waals surface area contributed by atoms with Crippen LogP contribution in [0.3, 0.4) is 0 Å². The van der Waals surface area contributed by atoms with E-state index in [-0.39, 0.29) is 6.61 Å². The second kappa shape index (κ2) is 7.68. The number of hydrogen-bond acceptors (Lipinski definition) is 5. The third-order valence-corrected chi connectivity index (χ3v) is 4.87. The average Bonchev–Trinajstić information content (AvgIpc) is 2.80. The summed E-state index contributed by atoms with van der Waals surface area (Å²) in [5.41, 5.74) is 1.69.